The summed E-state index contributed by atoms with van der Waals surface area (Å²) in [6.45, 7) is 0.812. The fourth-order valence-corrected chi connectivity index (χ4v) is 0.984. The minimum absolute atomic E-state index is 0.0347. The van der Waals surface area contributed by atoms with Crippen molar-refractivity contribution < 1.29 is 18.8 Å². The molecule has 0 radical (unpaired) electrons. The molecule has 1 heterocycles. The molecule has 0 aliphatic carbocycles. The molecule has 3 N–H and O–H groups in total. The summed E-state index contributed by atoms with van der Waals surface area (Å²) in [4.78, 5) is 0. The van der Waals surface area contributed by atoms with Gasteiger partial charge in [0.05, 0.1) is 5.70 Å². The zero-order chi connectivity index (χ0) is 10.1. The average Bonchev–Trinajstić information content (AvgIpc) is 2.03. The number of hydrogen-bond acceptors (Lipinski definition) is 3. The number of nitrogens with one attached hydrogen (secondary N) is 1. The molecule has 0 unspecified atom stereocenters. The van der Waals surface area contributed by atoms with E-state index in [1.807, 2.05) is 0 Å². The van der Waals surface area contributed by atoms with E-state index in [2.05, 4.69) is 5.32 Å². The first-order valence-corrected chi connectivity index (χ1v) is 3.80. The van der Waals surface area contributed by atoms with Crippen LogP contribution in [0.1, 0.15) is 6.92 Å². The molecule has 0 saturated carbocycles. The molecule has 0 atom stereocenters. The van der Waals surface area contributed by atoms with Gasteiger partial charge in [-0.15, -0.1) is 0 Å². The monoisotopic (exact) mass is 189 g/mol. The van der Waals surface area contributed by atoms with Gasteiger partial charge in [0.15, 0.2) is 0 Å². The van der Waals surface area contributed by atoms with Gasteiger partial charge in [-0.3, -0.25) is 0 Å². The van der Waals surface area contributed by atoms with Gasteiger partial charge in [0.1, 0.15) is 0 Å². The standard InChI is InChI=1S/C7H10BF2NO2/c1-7(9,10)6-3-2-5(4-11-6)8(12)13/h2-3,11-13H,4H2,1H3. The molecule has 0 amide bonds. The van der Waals surface area contributed by atoms with Gasteiger partial charge in [0.2, 0.25) is 0 Å². The highest BCUT2D eigenvalue weighted by atomic mass is 19.3. The van der Waals surface area contributed by atoms with Crippen LogP contribution in [0.3, 0.4) is 0 Å². The lowest BCUT2D eigenvalue weighted by Gasteiger charge is -2.21. The molecule has 0 bridgehead atoms. The quantitative estimate of drug-likeness (QED) is 0.538. The van der Waals surface area contributed by atoms with Gasteiger partial charge >= 0.3 is 7.12 Å². The second-order valence-corrected chi connectivity index (χ2v) is 2.94. The Morgan fingerprint density at radius 3 is 2.38 bits per heavy atom. The second kappa shape index (κ2) is 3.47. The summed E-state index contributed by atoms with van der Waals surface area (Å²) in [5, 5.41) is 19.8. The van der Waals surface area contributed by atoms with Crippen LogP contribution in [-0.2, 0) is 0 Å². The van der Waals surface area contributed by atoms with Gasteiger partial charge in [0.25, 0.3) is 5.92 Å². The average molecular weight is 189 g/mol. The van der Waals surface area contributed by atoms with Gasteiger partial charge in [-0.2, -0.15) is 0 Å². The summed E-state index contributed by atoms with van der Waals surface area (Å²) < 4.78 is 25.3. The van der Waals surface area contributed by atoms with Crippen molar-refractivity contribution >= 4 is 7.12 Å². The first kappa shape index (κ1) is 10.2. The number of hydrogen-bond donors (Lipinski definition) is 3. The van der Waals surface area contributed by atoms with E-state index in [-0.39, 0.29) is 17.7 Å². The lowest BCUT2D eigenvalue weighted by Crippen LogP contribution is -2.34. The Bertz CT molecular complexity index is 258. The fraction of sp³-hybridized carbons (Fsp3) is 0.429. The molecule has 72 valence electrons. The maximum atomic E-state index is 12.7. The number of allylic oxidation sites excluding steroid dienone is 3. The van der Waals surface area contributed by atoms with Gasteiger partial charge < -0.3 is 15.4 Å². The molecule has 1 aliphatic rings. The molecule has 0 spiro atoms. The number of alkyl halides is 2. The summed E-state index contributed by atoms with van der Waals surface area (Å²) in [5.41, 5.74) is 0.0601. The van der Waals surface area contributed by atoms with Crippen LogP contribution < -0.4 is 5.32 Å². The van der Waals surface area contributed by atoms with Crippen LogP contribution in [0.2, 0.25) is 0 Å². The molecule has 1 rings (SSSR count). The largest absolute Gasteiger partial charge is 0.485 e. The Balaban J connectivity index is 2.77. The van der Waals surface area contributed by atoms with E-state index in [1.165, 1.54) is 6.08 Å². The van der Waals surface area contributed by atoms with Crippen molar-refractivity contribution in [2.45, 2.75) is 12.8 Å². The first-order valence-electron chi connectivity index (χ1n) is 3.80. The molecule has 0 saturated heterocycles. The van der Waals surface area contributed by atoms with Crippen molar-refractivity contribution in [3.63, 3.8) is 0 Å². The van der Waals surface area contributed by atoms with Crippen LogP contribution in [0.25, 0.3) is 0 Å². The SMILES string of the molecule is CC(F)(F)C1=CC=C(B(O)O)CN1. The summed E-state index contributed by atoms with van der Waals surface area (Å²) in [7, 11) is -1.59. The predicted octanol–water partition coefficient (Wildman–Crippen LogP) is 0.0671. The van der Waals surface area contributed by atoms with Crippen molar-refractivity contribution in [2.75, 3.05) is 6.54 Å². The zero-order valence-corrected chi connectivity index (χ0v) is 7.09. The minimum atomic E-state index is -2.91. The van der Waals surface area contributed by atoms with Crippen LogP contribution >= 0.6 is 0 Å². The van der Waals surface area contributed by atoms with Gasteiger partial charge in [-0.25, -0.2) is 8.78 Å². The fourth-order valence-electron chi connectivity index (χ4n) is 0.984. The molecule has 1 aliphatic heterocycles. The molecule has 13 heavy (non-hydrogen) atoms. The van der Waals surface area contributed by atoms with Crippen LogP contribution in [0.4, 0.5) is 8.78 Å². The normalized spacial score (nSPS) is 17.3. The highest BCUT2D eigenvalue weighted by Gasteiger charge is 2.29. The van der Waals surface area contributed by atoms with Crippen molar-refractivity contribution in [1.29, 1.82) is 0 Å². The third-order valence-corrected chi connectivity index (χ3v) is 1.75. The van der Waals surface area contributed by atoms with Crippen molar-refractivity contribution in [2.24, 2.45) is 0 Å². The summed E-state index contributed by atoms with van der Waals surface area (Å²) >= 11 is 0. The molecular formula is C7H10BF2NO2. The summed E-state index contributed by atoms with van der Waals surface area (Å²) in [6.07, 6.45) is 2.44. The Kier molecular flexibility index (Phi) is 2.73. The highest BCUT2D eigenvalue weighted by molar-refractivity contribution is 6.51. The van der Waals surface area contributed by atoms with E-state index in [0.717, 1.165) is 13.0 Å². The van der Waals surface area contributed by atoms with E-state index in [0.29, 0.717) is 0 Å². The van der Waals surface area contributed by atoms with Gasteiger partial charge in [-0.05, 0) is 11.5 Å². The van der Waals surface area contributed by atoms with Crippen molar-refractivity contribution in [3.05, 3.63) is 23.3 Å². The third-order valence-electron chi connectivity index (χ3n) is 1.75. The Morgan fingerprint density at radius 1 is 1.46 bits per heavy atom. The molecule has 6 heteroatoms. The van der Waals surface area contributed by atoms with Crippen molar-refractivity contribution in [3.8, 4) is 0 Å². The topological polar surface area (TPSA) is 52.5 Å². The smallest absolute Gasteiger partial charge is 0.423 e. The Hall–Kier alpha value is -0.875. The summed E-state index contributed by atoms with van der Waals surface area (Å²) in [5.74, 6) is -2.91. The third kappa shape index (κ3) is 2.53. The number of dihydropyridines is 1. The lowest BCUT2D eigenvalue weighted by molar-refractivity contribution is 0.0558. The number of rotatable bonds is 2. The minimum Gasteiger partial charge on any atom is -0.423 e. The van der Waals surface area contributed by atoms with Crippen LogP contribution in [0.5, 0.6) is 0 Å². The predicted molar refractivity (Wildman–Crippen MR) is 45.0 cm³/mol. The summed E-state index contributed by atoms with van der Waals surface area (Å²) in [6, 6.07) is 0. The van der Waals surface area contributed by atoms with Crippen LogP contribution in [-0.4, -0.2) is 29.6 Å². The first-order chi connectivity index (χ1) is 5.91. The highest BCUT2D eigenvalue weighted by Crippen LogP contribution is 2.22. The molecule has 3 nitrogen and oxygen atoms in total. The molecule has 0 aromatic rings. The second-order valence-electron chi connectivity index (χ2n) is 2.94. The van der Waals surface area contributed by atoms with E-state index in [4.69, 9.17) is 10.0 Å². The van der Waals surface area contributed by atoms with E-state index >= 15 is 0 Å². The molecule has 0 fully saturated rings. The Labute approximate surface area is 74.9 Å². The maximum Gasteiger partial charge on any atom is 0.485 e. The Morgan fingerprint density at radius 2 is 2.08 bits per heavy atom. The van der Waals surface area contributed by atoms with Crippen LogP contribution in [0.15, 0.2) is 23.3 Å². The van der Waals surface area contributed by atoms with Crippen LogP contribution in [0, 0.1) is 0 Å². The van der Waals surface area contributed by atoms with Crippen molar-refractivity contribution in [1.82, 2.24) is 5.32 Å². The van der Waals surface area contributed by atoms with E-state index < -0.39 is 13.0 Å². The van der Waals surface area contributed by atoms with Gasteiger partial charge in [-0.1, -0.05) is 6.08 Å². The zero-order valence-electron chi connectivity index (χ0n) is 7.09. The molecule has 0 aromatic heterocycles. The maximum absolute atomic E-state index is 12.7. The molecular weight excluding hydrogens is 179 g/mol. The molecule has 0 aromatic carbocycles. The van der Waals surface area contributed by atoms with E-state index in [1.54, 1.807) is 0 Å². The van der Waals surface area contributed by atoms with Gasteiger partial charge in [0, 0.05) is 13.5 Å². The lowest BCUT2D eigenvalue weighted by atomic mass is 9.78. The number of halogens is 2. The van der Waals surface area contributed by atoms with E-state index in [9.17, 15) is 8.78 Å².